The molecule has 4 nitrogen and oxygen atoms in total. The van der Waals surface area contributed by atoms with Gasteiger partial charge in [-0.15, -0.1) is 0 Å². The Bertz CT molecular complexity index is 1130. The molecule has 0 aliphatic heterocycles. The Balaban J connectivity index is 1.48. The lowest BCUT2D eigenvalue weighted by Gasteiger charge is -2.20. The largest absolute Gasteiger partial charge is 0.464 e. The Morgan fingerprint density at radius 3 is 2.47 bits per heavy atom. The number of rotatable bonds is 7. The lowest BCUT2D eigenvalue weighted by Crippen LogP contribution is -2.21. The minimum atomic E-state index is -0.366. The number of hydrogen-bond acceptors (Lipinski definition) is 4. The van der Waals surface area contributed by atoms with E-state index >= 15 is 0 Å². The number of fused-ring (bicyclic) bond motifs is 1. The minimum Gasteiger partial charge on any atom is -0.464 e. The topological polar surface area (TPSA) is 48.7 Å². The number of para-hydroxylation sites is 1. The average Bonchev–Trinajstić information content (AvgIpc) is 3.23. The zero-order valence-corrected chi connectivity index (χ0v) is 17.1. The summed E-state index contributed by atoms with van der Waals surface area (Å²) in [5.74, 6) is 0.951. The van der Waals surface area contributed by atoms with E-state index in [9.17, 15) is 4.79 Å². The lowest BCUT2D eigenvalue weighted by molar-refractivity contribution is -0.147. The molecule has 0 radical (unpaired) electrons. The van der Waals surface area contributed by atoms with E-state index in [0.717, 1.165) is 27.8 Å². The van der Waals surface area contributed by atoms with Crippen molar-refractivity contribution < 1.29 is 18.7 Å². The third kappa shape index (κ3) is 4.38. The molecule has 0 fully saturated rings. The maximum Gasteiger partial charge on any atom is 0.314 e. The quantitative estimate of drug-likeness (QED) is 0.324. The monoisotopic (exact) mass is 400 g/mol. The first-order valence-corrected chi connectivity index (χ1v) is 10.1. The van der Waals surface area contributed by atoms with Crippen molar-refractivity contribution in [2.24, 2.45) is 5.92 Å². The second-order valence-corrected chi connectivity index (χ2v) is 7.57. The van der Waals surface area contributed by atoms with E-state index in [2.05, 4.69) is 0 Å². The SMILES string of the molecule is CC(C)C(C(=O)OCc1cccc(Oc2ccccc2)c1)c1cccc2occc12. The number of esters is 1. The third-order valence-corrected chi connectivity index (χ3v) is 5.04. The van der Waals surface area contributed by atoms with Gasteiger partial charge in [0.2, 0.25) is 0 Å². The smallest absolute Gasteiger partial charge is 0.314 e. The summed E-state index contributed by atoms with van der Waals surface area (Å²) in [6, 6.07) is 24.9. The molecule has 1 heterocycles. The Morgan fingerprint density at radius 2 is 1.67 bits per heavy atom. The van der Waals surface area contributed by atoms with E-state index < -0.39 is 0 Å². The van der Waals surface area contributed by atoms with E-state index in [1.54, 1.807) is 6.26 Å². The van der Waals surface area contributed by atoms with Crippen LogP contribution in [0, 0.1) is 5.92 Å². The zero-order valence-electron chi connectivity index (χ0n) is 17.1. The zero-order chi connectivity index (χ0) is 20.9. The van der Waals surface area contributed by atoms with Crippen LogP contribution >= 0.6 is 0 Å². The summed E-state index contributed by atoms with van der Waals surface area (Å²) < 4.78 is 17.1. The molecule has 0 saturated carbocycles. The van der Waals surface area contributed by atoms with Gasteiger partial charge >= 0.3 is 5.97 Å². The Hall–Kier alpha value is -3.53. The molecule has 3 aromatic carbocycles. The van der Waals surface area contributed by atoms with Gasteiger partial charge in [-0.2, -0.15) is 0 Å². The van der Waals surface area contributed by atoms with Gasteiger partial charge in [-0.3, -0.25) is 4.79 Å². The molecule has 0 aliphatic carbocycles. The van der Waals surface area contributed by atoms with E-state index in [1.807, 2.05) is 92.7 Å². The highest BCUT2D eigenvalue weighted by Gasteiger charge is 2.28. The van der Waals surface area contributed by atoms with Crippen LogP contribution < -0.4 is 4.74 Å². The van der Waals surface area contributed by atoms with Gasteiger partial charge in [-0.1, -0.05) is 56.3 Å². The van der Waals surface area contributed by atoms with Crippen molar-refractivity contribution in [3.05, 3.63) is 96.3 Å². The van der Waals surface area contributed by atoms with Crippen LogP contribution in [-0.2, 0) is 16.1 Å². The van der Waals surface area contributed by atoms with Gasteiger partial charge in [-0.25, -0.2) is 0 Å². The highest BCUT2D eigenvalue weighted by Crippen LogP contribution is 2.33. The van der Waals surface area contributed by atoms with Crippen LogP contribution in [0.25, 0.3) is 11.0 Å². The summed E-state index contributed by atoms with van der Waals surface area (Å²) in [7, 11) is 0. The fraction of sp³-hybridized carbons (Fsp3) is 0.192. The number of hydrogen-bond donors (Lipinski definition) is 0. The maximum atomic E-state index is 13.0. The Morgan fingerprint density at radius 1 is 0.900 bits per heavy atom. The number of benzene rings is 3. The van der Waals surface area contributed by atoms with Gasteiger partial charge in [0.25, 0.3) is 0 Å². The molecule has 0 amide bonds. The maximum absolute atomic E-state index is 13.0. The van der Waals surface area contributed by atoms with Gasteiger partial charge < -0.3 is 13.9 Å². The summed E-state index contributed by atoms with van der Waals surface area (Å²) >= 11 is 0. The lowest BCUT2D eigenvalue weighted by atomic mass is 9.86. The van der Waals surface area contributed by atoms with Crippen LogP contribution in [0.2, 0.25) is 0 Å². The summed E-state index contributed by atoms with van der Waals surface area (Å²) in [6.45, 7) is 4.24. The molecule has 0 saturated heterocycles. The Kier molecular flexibility index (Phi) is 5.84. The summed E-state index contributed by atoms with van der Waals surface area (Å²) in [5.41, 5.74) is 2.58. The molecule has 4 aromatic rings. The van der Waals surface area contributed by atoms with Crippen LogP contribution in [0.15, 0.2) is 89.5 Å². The molecule has 0 spiro atoms. The number of carbonyl (C=O) groups is 1. The normalized spacial score (nSPS) is 12.1. The van der Waals surface area contributed by atoms with Crippen molar-refractivity contribution in [2.75, 3.05) is 0 Å². The number of furan rings is 1. The predicted octanol–water partition coefficient (Wildman–Crippen LogP) is 6.71. The first-order chi connectivity index (χ1) is 14.6. The fourth-order valence-corrected chi connectivity index (χ4v) is 3.61. The molecule has 1 atom stereocenters. The Labute approximate surface area is 176 Å². The molecular formula is C26H24O4. The van der Waals surface area contributed by atoms with E-state index in [4.69, 9.17) is 13.9 Å². The van der Waals surface area contributed by atoms with Gasteiger partial charge in [0, 0.05) is 5.39 Å². The van der Waals surface area contributed by atoms with Crippen LogP contribution in [0.1, 0.15) is 30.9 Å². The molecule has 152 valence electrons. The second kappa shape index (κ2) is 8.87. The number of ether oxygens (including phenoxy) is 2. The minimum absolute atomic E-state index is 0.0887. The van der Waals surface area contributed by atoms with Crippen LogP contribution in [0.4, 0.5) is 0 Å². The molecule has 4 heteroatoms. The van der Waals surface area contributed by atoms with Crippen molar-refractivity contribution in [3.8, 4) is 11.5 Å². The second-order valence-electron chi connectivity index (χ2n) is 7.57. The first kappa shape index (κ1) is 19.8. The fourth-order valence-electron chi connectivity index (χ4n) is 3.61. The number of carbonyl (C=O) groups excluding carboxylic acids is 1. The van der Waals surface area contributed by atoms with Crippen LogP contribution in [0.3, 0.4) is 0 Å². The van der Waals surface area contributed by atoms with Crippen molar-refractivity contribution in [1.82, 2.24) is 0 Å². The van der Waals surface area contributed by atoms with Crippen molar-refractivity contribution in [1.29, 1.82) is 0 Å². The van der Waals surface area contributed by atoms with Gasteiger partial charge in [0.05, 0.1) is 12.2 Å². The van der Waals surface area contributed by atoms with Crippen molar-refractivity contribution in [3.63, 3.8) is 0 Å². The van der Waals surface area contributed by atoms with Crippen LogP contribution in [0.5, 0.6) is 11.5 Å². The highest BCUT2D eigenvalue weighted by atomic mass is 16.5. The van der Waals surface area contributed by atoms with Crippen molar-refractivity contribution >= 4 is 16.9 Å². The van der Waals surface area contributed by atoms with Crippen LogP contribution in [-0.4, -0.2) is 5.97 Å². The molecule has 4 rings (SSSR count). The molecule has 1 aromatic heterocycles. The van der Waals surface area contributed by atoms with Crippen molar-refractivity contribution in [2.45, 2.75) is 26.4 Å². The van der Waals surface area contributed by atoms with Gasteiger partial charge in [0.1, 0.15) is 23.7 Å². The molecule has 0 N–H and O–H groups in total. The molecule has 30 heavy (non-hydrogen) atoms. The van der Waals surface area contributed by atoms with E-state index in [1.165, 1.54) is 0 Å². The summed E-state index contributed by atoms with van der Waals surface area (Å²) in [6.07, 6.45) is 1.65. The predicted molar refractivity (Wildman–Crippen MR) is 117 cm³/mol. The average molecular weight is 400 g/mol. The summed E-state index contributed by atoms with van der Waals surface area (Å²) in [5, 5.41) is 0.950. The standard InChI is InChI=1S/C26H24O4/c1-18(2)25(23-12-7-13-24-22(23)14-15-28-24)26(27)29-17-19-8-6-11-21(16-19)30-20-9-4-3-5-10-20/h3-16,18,25H,17H2,1-2H3. The third-order valence-electron chi connectivity index (χ3n) is 5.04. The molecule has 0 aliphatic rings. The first-order valence-electron chi connectivity index (χ1n) is 10.1. The van der Waals surface area contributed by atoms with E-state index in [0.29, 0.717) is 5.75 Å². The molecule has 1 unspecified atom stereocenters. The highest BCUT2D eigenvalue weighted by molar-refractivity contribution is 5.88. The van der Waals surface area contributed by atoms with Gasteiger partial charge in [0.15, 0.2) is 0 Å². The molecular weight excluding hydrogens is 376 g/mol. The van der Waals surface area contributed by atoms with Gasteiger partial charge in [-0.05, 0) is 53.4 Å². The van der Waals surface area contributed by atoms with E-state index in [-0.39, 0.29) is 24.4 Å². The molecule has 0 bridgehead atoms. The summed E-state index contributed by atoms with van der Waals surface area (Å²) in [4.78, 5) is 13.0.